The van der Waals surface area contributed by atoms with Gasteiger partial charge >= 0.3 is 47.8 Å². The van der Waals surface area contributed by atoms with Gasteiger partial charge in [-0.2, -0.15) is 5.48 Å². The number of hydrogen-bond acceptors (Lipinski definition) is 20. The second kappa shape index (κ2) is 26.0. The van der Waals surface area contributed by atoms with Crippen LogP contribution in [0, 0.1) is 0 Å². The average molecular weight is 794 g/mol. The number of carbonyl (C=O) groups excluding carboxylic acids is 9. The molecule has 21 nitrogen and oxygen atoms in total. The second-order valence-corrected chi connectivity index (χ2v) is 12.1. The van der Waals surface area contributed by atoms with Crippen LogP contribution in [0.3, 0.4) is 0 Å². The minimum Gasteiger partial charge on any atom is -0.458 e. The van der Waals surface area contributed by atoms with Crippen molar-refractivity contribution in [2.75, 3.05) is 19.6 Å². The maximum Gasteiger partial charge on any atom is 0.303 e. The van der Waals surface area contributed by atoms with Crippen LogP contribution in [0.15, 0.2) is 0 Å². The van der Waals surface area contributed by atoms with E-state index in [1.807, 2.05) is 5.48 Å². The molecule has 0 saturated heterocycles. The zero-order chi connectivity index (χ0) is 42.4. The van der Waals surface area contributed by atoms with E-state index in [1.54, 1.807) is 13.8 Å². The molecule has 0 saturated carbocycles. The molecule has 21 heteroatoms. The van der Waals surface area contributed by atoms with Crippen LogP contribution in [-0.2, 0) is 81.0 Å². The minimum atomic E-state index is -1.87. The maximum atomic E-state index is 13.4. The van der Waals surface area contributed by atoms with Gasteiger partial charge in [0.15, 0.2) is 30.5 Å². The number of hydroxylamine groups is 1. The quantitative estimate of drug-likeness (QED) is 0.0399. The first-order valence-corrected chi connectivity index (χ1v) is 17.4. The number of nitrogens with one attached hydrogen (secondary N) is 3. The SMILES string of the molecule is CCC(OC(C)=O)C(OC(C)=O)C(OC(C)=O)C(OC(C)=O)C(=O)NCCNCCC(NO)C(OC(C)=O)C(OC(C)=O)C(OC(C)=O)C(CC)OC(C)=O. The topological polar surface area (TPSA) is 284 Å². The summed E-state index contributed by atoms with van der Waals surface area (Å²) in [7, 11) is 0. The van der Waals surface area contributed by atoms with Gasteiger partial charge in [-0.25, -0.2) is 0 Å². The first kappa shape index (κ1) is 50.1. The van der Waals surface area contributed by atoms with Crippen LogP contribution in [-0.4, -0.2) is 133 Å². The molecule has 0 fully saturated rings. The molecule has 0 heterocycles. The van der Waals surface area contributed by atoms with E-state index in [4.69, 9.17) is 37.9 Å². The summed E-state index contributed by atoms with van der Waals surface area (Å²) in [5.74, 6) is -7.80. The fourth-order valence-corrected chi connectivity index (χ4v) is 5.37. The van der Waals surface area contributed by atoms with Crippen molar-refractivity contribution in [2.24, 2.45) is 0 Å². The molecule has 55 heavy (non-hydrogen) atoms. The summed E-state index contributed by atoms with van der Waals surface area (Å²) in [6, 6.07) is -1.19. The molecule has 0 aromatic carbocycles. The lowest BCUT2D eigenvalue weighted by Crippen LogP contribution is -2.58. The van der Waals surface area contributed by atoms with E-state index in [9.17, 15) is 48.4 Å². The van der Waals surface area contributed by atoms with E-state index < -0.39 is 109 Å². The summed E-state index contributed by atoms with van der Waals surface area (Å²) >= 11 is 0. The van der Waals surface area contributed by atoms with Gasteiger partial charge in [-0.1, -0.05) is 13.8 Å². The van der Waals surface area contributed by atoms with Gasteiger partial charge < -0.3 is 53.7 Å². The van der Waals surface area contributed by atoms with Crippen LogP contribution >= 0.6 is 0 Å². The first-order chi connectivity index (χ1) is 25.7. The van der Waals surface area contributed by atoms with Gasteiger partial charge in [0.1, 0.15) is 12.2 Å². The summed E-state index contributed by atoms with van der Waals surface area (Å²) in [6.07, 6.45) is -12.0. The second-order valence-electron chi connectivity index (χ2n) is 12.1. The van der Waals surface area contributed by atoms with E-state index in [0.29, 0.717) is 0 Å². The Hall–Kier alpha value is -4.89. The maximum absolute atomic E-state index is 13.4. The third-order valence-electron chi connectivity index (χ3n) is 7.30. The molecule has 9 atom stereocenters. The Balaban J connectivity index is 6.17. The van der Waals surface area contributed by atoms with Gasteiger partial charge in [-0.3, -0.25) is 43.2 Å². The zero-order valence-corrected chi connectivity index (χ0v) is 32.8. The number of ether oxygens (including phenoxy) is 8. The Kier molecular flexibility index (Phi) is 23.7. The zero-order valence-electron chi connectivity index (χ0n) is 32.8. The van der Waals surface area contributed by atoms with Gasteiger partial charge in [0.25, 0.3) is 5.91 Å². The molecule has 0 bridgehead atoms. The van der Waals surface area contributed by atoms with Gasteiger partial charge in [-0.05, 0) is 25.8 Å². The van der Waals surface area contributed by atoms with Crippen LogP contribution in [0.5, 0.6) is 0 Å². The predicted molar refractivity (Wildman–Crippen MR) is 184 cm³/mol. The van der Waals surface area contributed by atoms with Crippen LogP contribution in [0.1, 0.15) is 88.5 Å². The highest BCUT2D eigenvalue weighted by Gasteiger charge is 2.47. The summed E-state index contributed by atoms with van der Waals surface area (Å²) < 4.78 is 42.7. The van der Waals surface area contributed by atoms with Crippen molar-refractivity contribution in [1.82, 2.24) is 16.1 Å². The molecule has 1 amide bonds. The molecule has 0 spiro atoms. The van der Waals surface area contributed by atoms with E-state index in [1.165, 1.54) is 0 Å². The van der Waals surface area contributed by atoms with Crippen molar-refractivity contribution in [1.29, 1.82) is 0 Å². The molecule has 0 aromatic rings. The fraction of sp³-hybridized carbons (Fsp3) is 0.735. The van der Waals surface area contributed by atoms with E-state index >= 15 is 0 Å². The lowest BCUT2D eigenvalue weighted by atomic mass is 9.94. The normalized spacial score (nSPS) is 15.8. The molecule has 4 N–H and O–H groups in total. The van der Waals surface area contributed by atoms with E-state index in [-0.39, 0.29) is 38.9 Å². The number of hydrogen-bond donors (Lipinski definition) is 4. The molecular formula is C34H55N3O18. The van der Waals surface area contributed by atoms with Crippen molar-refractivity contribution < 1.29 is 86.3 Å². The summed E-state index contributed by atoms with van der Waals surface area (Å²) in [6.45, 7) is 11.5. The lowest BCUT2D eigenvalue weighted by molar-refractivity contribution is -0.203. The van der Waals surface area contributed by atoms with Crippen LogP contribution in [0.4, 0.5) is 0 Å². The largest absolute Gasteiger partial charge is 0.458 e. The first-order valence-electron chi connectivity index (χ1n) is 17.4. The van der Waals surface area contributed by atoms with E-state index in [0.717, 1.165) is 55.4 Å². The fourth-order valence-electron chi connectivity index (χ4n) is 5.37. The molecule has 0 aromatic heterocycles. The Morgan fingerprint density at radius 1 is 0.455 bits per heavy atom. The Labute approximate surface area is 319 Å². The van der Waals surface area contributed by atoms with Crippen molar-refractivity contribution in [3.63, 3.8) is 0 Å². The smallest absolute Gasteiger partial charge is 0.303 e. The molecule has 314 valence electrons. The van der Waals surface area contributed by atoms with Crippen molar-refractivity contribution in [3.8, 4) is 0 Å². The Morgan fingerprint density at radius 3 is 1.20 bits per heavy atom. The molecule has 0 rings (SSSR count). The molecule has 0 radical (unpaired) electrons. The molecule has 0 aliphatic carbocycles. The minimum absolute atomic E-state index is 0.0271. The highest BCUT2D eigenvalue weighted by atomic mass is 16.6. The van der Waals surface area contributed by atoms with Gasteiger partial charge in [0.2, 0.25) is 6.10 Å². The van der Waals surface area contributed by atoms with Crippen molar-refractivity contribution in [3.05, 3.63) is 0 Å². The predicted octanol–water partition coefficient (Wildman–Crippen LogP) is -0.297. The molecule has 0 aliphatic heterocycles. The van der Waals surface area contributed by atoms with Gasteiger partial charge in [0, 0.05) is 68.5 Å². The number of rotatable bonds is 25. The van der Waals surface area contributed by atoms with Crippen molar-refractivity contribution >= 4 is 53.7 Å². The highest BCUT2D eigenvalue weighted by molar-refractivity contribution is 5.84. The van der Waals surface area contributed by atoms with Crippen LogP contribution in [0.2, 0.25) is 0 Å². The summed E-state index contributed by atoms with van der Waals surface area (Å²) in [5.41, 5.74) is 2.00. The highest BCUT2D eigenvalue weighted by Crippen LogP contribution is 2.25. The molecule has 0 aliphatic rings. The number of esters is 8. The third-order valence-corrected chi connectivity index (χ3v) is 7.30. The van der Waals surface area contributed by atoms with E-state index in [2.05, 4.69) is 10.6 Å². The lowest BCUT2D eigenvalue weighted by Gasteiger charge is -2.38. The Bertz CT molecular complexity index is 1330. The summed E-state index contributed by atoms with van der Waals surface area (Å²) in [5, 5.41) is 15.6. The van der Waals surface area contributed by atoms with Crippen LogP contribution in [0.25, 0.3) is 0 Å². The third kappa shape index (κ3) is 19.8. The van der Waals surface area contributed by atoms with Gasteiger partial charge in [0.05, 0.1) is 6.04 Å². The van der Waals surface area contributed by atoms with Gasteiger partial charge in [-0.15, -0.1) is 0 Å². The number of carbonyl (C=O) groups is 9. The Morgan fingerprint density at radius 2 is 0.818 bits per heavy atom. The summed E-state index contributed by atoms with van der Waals surface area (Å²) in [4.78, 5) is 110. The standard InChI is InChI=1S/C34H55N3O18/c1-11-26(48-17(3)38)29(51-20(6)41)31(53-22(8)43)28(50-19(5)40)25(37-47)13-14-35-15-16-36-34(46)33(55-24(10)45)32(54-23(9)44)30(52-21(7)42)27(12-2)49-18(4)39/h25-33,35,37,47H,11-16H2,1-10H3,(H,36,46). The average Bonchev–Trinajstić information content (AvgIpc) is 3.06. The number of amides is 1. The molecular weight excluding hydrogens is 738 g/mol. The van der Waals surface area contributed by atoms with Crippen molar-refractivity contribution in [2.45, 2.75) is 143 Å². The molecule has 9 unspecified atom stereocenters. The van der Waals surface area contributed by atoms with Crippen LogP contribution < -0.4 is 16.1 Å². The monoisotopic (exact) mass is 793 g/mol.